The molecule has 0 saturated carbocycles. The minimum atomic E-state index is 0. The zero-order valence-electron chi connectivity index (χ0n) is 7.05. The summed E-state index contributed by atoms with van der Waals surface area (Å²) >= 11 is 0. The largest absolute Gasteiger partial charge is 1.00 e. The minimum absolute atomic E-state index is 0. The van der Waals surface area contributed by atoms with E-state index in [1.807, 2.05) is 13.1 Å². The first-order valence-electron chi connectivity index (χ1n) is 3.16. The SMILES string of the molecule is Cc1nc(C(C)C)c[n-]1.[Li+]. The molecule has 50 valence electrons. The van der Waals surface area contributed by atoms with Gasteiger partial charge in [0.15, 0.2) is 0 Å². The van der Waals surface area contributed by atoms with Gasteiger partial charge in [-0.1, -0.05) is 31.6 Å². The van der Waals surface area contributed by atoms with Gasteiger partial charge in [-0.15, -0.1) is 0 Å². The molecule has 0 unspecified atom stereocenters. The van der Waals surface area contributed by atoms with Crippen molar-refractivity contribution in [1.82, 2.24) is 9.97 Å². The number of hydrogen-bond acceptors (Lipinski definition) is 1. The predicted molar refractivity (Wildman–Crippen MR) is 36.4 cm³/mol. The molecule has 0 aliphatic rings. The van der Waals surface area contributed by atoms with Crippen molar-refractivity contribution in [3.8, 4) is 0 Å². The van der Waals surface area contributed by atoms with Crippen LogP contribution in [0.25, 0.3) is 0 Å². The number of rotatable bonds is 1. The smallest absolute Gasteiger partial charge is 0.446 e. The Morgan fingerprint density at radius 1 is 1.50 bits per heavy atom. The Morgan fingerprint density at radius 2 is 2.10 bits per heavy atom. The molecule has 0 amide bonds. The van der Waals surface area contributed by atoms with Gasteiger partial charge in [0.2, 0.25) is 0 Å². The maximum absolute atomic E-state index is 4.20. The van der Waals surface area contributed by atoms with Gasteiger partial charge in [0, 0.05) is 0 Å². The van der Waals surface area contributed by atoms with Crippen molar-refractivity contribution in [2.45, 2.75) is 26.7 Å². The van der Waals surface area contributed by atoms with Crippen LogP contribution < -0.4 is 23.8 Å². The van der Waals surface area contributed by atoms with Gasteiger partial charge in [-0.05, 0) is 12.8 Å². The normalized spacial score (nSPS) is 9.60. The molecule has 0 spiro atoms. The third-order valence-electron chi connectivity index (χ3n) is 1.27. The van der Waals surface area contributed by atoms with E-state index in [4.69, 9.17) is 0 Å². The summed E-state index contributed by atoms with van der Waals surface area (Å²) in [5.41, 5.74) is 1.09. The molecule has 1 heterocycles. The van der Waals surface area contributed by atoms with Gasteiger partial charge in [0.1, 0.15) is 0 Å². The fraction of sp³-hybridized carbons (Fsp3) is 0.571. The van der Waals surface area contributed by atoms with Gasteiger partial charge in [0.05, 0.1) is 0 Å². The molecule has 0 N–H and O–H groups in total. The van der Waals surface area contributed by atoms with E-state index in [1.54, 1.807) is 0 Å². The number of aryl methyl sites for hydroxylation is 1. The standard InChI is InChI=1S/C7H11N2.Li/c1-5(2)7-4-8-6(3)9-7;/h4-5H,1-3H3;/q-1;+1. The molecule has 0 fully saturated rings. The summed E-state index contributed by atoms with van der Waals surface area (Å²) in [5, 5.41) is 0. The van der Waals surface area contributed by atoms with Crippen molar-refractivity contribution >= 4 is 0 Å². The summed E-state index contributed by atoms with van der Waals surface area (Å²) in [6.07, 6.45) is 1.83. The summed E-state index contributed by atoms with van der Waals surface area (Å²) in [5.74, 6) is 1.38. The summed E-state index contributed by atoms with van der Waals surface area (Å²) < 4.78 is 0. The fourth-order valence-corrected chi connectivity index (χ4v) is 0.682. The Morgan fingerprint density at radius 3 is 2.30 bits per heavy atom. The molecule has 0 aromatic carbocycles. The van der Waals surface area contributed by atoms with Crippen LogP contribution in [0, 0.1) is 6.92 Å². The van der Waals surface area contributed by atoms with E-state index in [9.17, 15) is 0 Å². The molecule has 0 atom stereocenters. The van der Waals surface area contributed by atoms with Gasteiger partial charge in [-0.3, -0.25) is 0 Å². The van der Waals surface area contributed by atoms with Gasteiger partial charge in [-0.2, -0.15) is 0 Å². The van der Waals surface area contributed by atoms with Crippen molar-refractivity contribution < 1.29 is 18.9 Å². The third kappa shape index (κ3) is 2.21. The third-order valence-corrected chi connectivity index (χ3v) is 1.27. The molecular weight excluding hydrogens is 119 g/mol. The van der Waals surface area contributed by atoms with Crippen molar-refractivity contribution in [1.29, 1.82) is 0 Å². The first kappa shape index (κ1) is 9.81. The van der Waals surface area contributed by atoms with Crippen LogP contribution in [0.15, 0.2) is 6.20 Å². The average molecular weight is 130 g/mol. The van der Waals surface area contributed by atoms with E-state index in [1.165, 1.54) is 0 Å². The van der Waals surface area contributed by atoms with Gasteiger partial charge in [-0.25, -0.2) is 0 Å². The van der Waals surface area contributed by atoms with E-state index < -0.39 is 0 Å². The van der Waals surface area contributed by atoms with Crippen molar-refractivity contribution in [3.63, 3.8) is 0 Å². The van der Waals surface area contributed by atoms with Crippen LogP contribution >= 0.6 is 0 Å². The van der Waals surface area contributed by atoms with Crippen LogP contribution in [0.2, 0.25) is 0 Å². The molecule has 3 heteroatoms. The maximum Gasteiger partial charge on any atom is 1.00 e. The van der Waals surface area contributed by atoms with Crippen LogP contribution in [0.3, 0.4) is 0 Å². The Kier molecular flexibility index (Phi) is 3.78. The number of aromatic nitrogens is 2. The zero-order valence-corrected chi connectivity index (χ0v) is 7.05. The van der Waals surface area contributed by atoms with Crippen molar-refractivity contribution in [3.05, 3.63) is 17.7 Å². The molecular formula is C7H11LiN2. The summed E-state index contributed by atoms with van der Waals surface area (Å²) in [6.45, 7) is 6.14. The van der Waals surface area contributed by atoms with Crippen LogP contribution in [0.5, 0.6) is 0 Å². The van der Waals surface area contributed by atoms with Gasteiger partial charge in [0.25, 0.3) is 0 Å². The Balaban J connectivity index is 0.000000810. The van der Waals surface area contributed by atoms with E-state index >= 15 is 0 Å². The van der Waals surface area contributed by atoms with Crippen molar-refractivity contribution in [2.75, 3.05) is 0 Å². The van der Waals surface area contributed by atoms with E-state index in [0.29, 0.717) is 5.92 Å². The molecule has 1 rings (SSSR count). The zero-order chi connectivity index (χ0) is 6.85. The molecule has 1 aromatic rings. The van der Waals surface area contributed by atoms with Gasteiger partial charge >= 0.3 is 18.9 Å². The molecule has 0 bridgehead atoms. The van der Waals surface area contributed by atoms with Gasteiger partial charge < -0.3 is 9.97 Å². The Bertz CT molecular complexity index is 193. The fourth-order valence-electron chi connectivity index (χ4n) is 0.682. The predicted octanol–water partition coefficient (Wildman–Crippen LogP) is -1.53. The second-order valence-electron chi connectivity index (χ2n) is 2.50. The summed E-state index contributed by atoms with van der Waals surface area (Å²) in [4.78, 5) is 8.23. The Labute approximate surface area is 73.6 Å². The van der Waals surface area contributed by atoms with Crippen LogP contribution in [-0.2, 0) is 0 Å². The first-order chi connectivity index (χ1) is 4.20. The minimum Gasteiger partial charge on any atom is -0.446 e. The molecule has 1 aromatic heterocycles. The van der Waals surface area contributed by atoms with E-state index in [0.717, 1.165) is 11.5 Å². The molecule has 10 heavy (non-hydrogen) atoms. The topological polar surface area (TPSA) is 27.0 Å². The average Bonchev–Trinajstić information content (AvgIpc) is 2.14. The maximum atomic E-state index is 4.20. The van der Waals surface area contributed by atoms with Crippen molar-refractivity contribution in [2.24, 2.45) is 0 Å². The Hall–Kier alpha value is -0.193. The van der Waals surface area contributed by atoms with Crippen LogP contribution in [-0.4, -0.2) is 4.98 Å². The van der Waals surface area contributed by atoms with E-state index in [2.05, 4.69) is 23.8 Å². The van der Waals surface area contributed by atoms with Crippen LogP contribution in [0.1, 0.15) is 31.3 Å². The van der Waals surface area contributed by atoms with Crippen LogP contribution in [0.4, 0.5) is 0 Å². The molecule has 0 radical (unpaired) electrons. The summed E-state index contributed by atoms with van der Waals surface area (Å²) in [7, 11) is 0. The number of hydrogen-bond donors (Lipinski definition) is 0. The number of imidazole rings is 1. The molecule has 0 saturated heterocycles. The molecule has 0 aliphatic carbocycles. The molecule has 2 nitrogen and oxygen atoms in total. The monoisotopic (exact) mass is 130 g/mol. The van der Waals surface area contributed by atoms with E-state index in [-0.39, 0.29) is 18.9 Å². The first-order valence-corrected chi connectivity index (χ1v) is 3.16. The second kappa shape index (κ2) is 3.85. The molecule has 0 aliphatic heterocycles. The second-order valence-corrected chi connectivity index (χ2v) is 2.50. The number of nitrogens with zero attached hydrogens (tertiary/aromatic N) is 2. The summed E-state index contributed by atoms with van der Waals surface area (Å²) in [6, 6.07) is 0. The quantitative estimate of drug-likeness (QED) is 0.431.